The van der Waals surface area contributed by atoms with Crippen molar-refractivity contribution in [1.29, 1.82) is 0 Å². The van der Waals surface area contributed by atoms with Crippen LogP contribution in [0.25, 0.3) is 0 Å². The predicted molar refractivity (Wildman–Crippen MR) is 209 cm³/mol. The number of carbonyl (C=O) groups excluding carboxylic acids is 2. The van der Waals surface area contributed by atoms with Crippen LogP contribution >= 0.6 is 0 Å². The minimum absolute atomic E-state index is 0.870. The molecular weight excluding hydrogens is 936 g/mol. The molecule has 4 saturated heterocycles. The van der Waals surface area contributed by atoms with Crippen molar-refractivity contribution in [3.05, 3.63) is 0 Å². The summed E-state index contributed by atoms with van der Waals surface area (Å²) in [5, 5.41) is 194. The van der Waals surface area contributed by atoms with Crippen LogP contribution in [-0.2, 0) is 52.3 Å². The Morgan fingerprint density at radius 1 is 0.603 bits per heavy atom. The zero-order chi connectivity index (χ0) is 51.1. The van der Waals surface area contributed by atoms with Crippen LogP contribution in [0.15, 0.2) is 0 Å². The molecule has 0 aromatic rings. The molecule has 4 rings (SSSR count). The Bertz CT molecular complexity index is 1610. The Kier molecular flexibility index (Phi) is 21.5. The summed E-state index contributed by atoms with van der Waals surface area (Å²) < 4.78 is 46.1. The summed E-state index contributed by atoms with van der Waals surface area (Å²) in [4.78, 5) is 38.3. The van der Waals surface area contributed by atoms with Gasteiger partial charge in [-0.2, -0.15) is 0 Å². The van der Waals surface area contributed by atoms with Gasteiger partial charge in [-0.15, -0.1) is 0 Å². The van der Waals surface area contributed by atoms with Gasteiger partial charge in [0.2, 0.25) is 11.8 Å². The van der Waals surface area contributed by atoms with Gasteiger partial charge in [-0.05, 0) is 0 Å². The third kappa shape index (κ3) is 12.9. The van der Waals surface area contributed by atoms with Crippen molar-refractivity contribution in [1.82, 2.24) is 10.6 Å². The zero-order valence-corrected chi connectivity index (χ0v) is 36.3. The van der Waals surface area contributed by atoms with E-state index in [9.17, 15) is 106 Å². The van der Waals surface area contributed by atoms with Crippen molar-refractivity contribution in [3.63, 3.8) is 0 Å². The predicted octanol–water partition coefficient (Wildman–Crippen LogP) is -12.8. The van der Waals surface area contributed by atoms with Crippen molar-refractivity contribution in [2.45, 2.75) is 173 Å². The lowest BCUT2D eigenvalue weighted by Gasteiger charge is -2.52. The van der Waals surface area contributed by atoms with E-state index in [1.807, 2.05) is 0 Å². The number of amides is 2. The van der Waals surface area contributed by atoms with E-state index < -0.39 is 217 Å². The monoisotopic (exact) mass is 1000 g/mol. The van der Waals surface area contributed by atoms with Crippen LogP contribution in [0.3, 0.4) is 0 Å². The average Bonchev–Trinajstić information content (AvgIpc) is 3.30. The van der Waals surface area contributed by atoms with Gasteiger partial charge in [0.1, 0.15) is 116 Å². The topological polar surface area (TPSA) is 513 Å². The fourth-order valence-electron chi connectivity index (χ4n) is 8.13. The first kappa shape index (κ1) is 58.0. The van der Waals surface area contributed by atoms with Gasteiger partial charge >= 0.3 is 5.97 Å². The maximum absolute atomic E-state index is 13.4. The lowest BCUT2D eigenvalue weighted by molar-refractivity contribution is -0.398. The largest absolute Gasteiger partial charge is 0.477 e. The van der Waals surface area contributed by atoms with E-state index in [1.165, 1.54) is 0 Å². The Morgan fingerprint density at radius 2 is 1.12 bits per heavy atom. The number of hydrogen-bond acceptors (Lipinski definition) is 28. The second-order valence-electron chi connectivity index (χ2n) is 16.6. The molecule has 31 heteroatoms. The highest BCUT2D eigenvalue weighted by atomic mass is 16.8. The smallest absolute Gasteiger partial charge is 0.364 e. The van der Waals surface area contributed by atoms with Crippen LogP contribution < -0.4 is 10.6 Å². The van der Waals surface area contributed by atoms with Crippen LogP contribution in [0, 0.1) is 0 Å². The average molecular weight is 1000 g/mol. The van der Waals surface area contributed by atoms with E-state index in [2.05, 4.69) is 10.6 Å². The van der Waals surface area contributed by atoms with Gasteiger partial charge in [0, 0.05) is 20.3 Å². The molecule has 0 aromatic carbocycles. The third-order valence-electron chi connectivity index (χ3n) is 11.7. The molecule has 31 nitrogen and oxygen atoms in total. The number of nitrogens with one attached hydrogen (secondary N) is 2. The summed E-state index contributed by atoms with van der Waals surface area (Å²) in [6.07, 6.45) is -47.9. The summed E-state index contributed by atoms with van der Waals surface area (Å²) in [6.45, 7) is -4.94. The van der Waals surface area contributed by atoms with Crippen molar-refractivity contribution in [2.24, 2.45) is 0 Å². The first-order valence-electron chi connectivity index (χ1n) is 21.2. The maximum atomic E-state index is 13.4. The third-order valence-corrected chi connectivity index (χ3v) is 11.7. The molecule has 2 amide bonds. The summed E-state index contributed by atoms with van der Waals surface area (Å²) in [7, 11) is 0. The number of carbonyl (C=O) groups is 3. The Hall–Kier alpha value is -2.59. The number of ether oxygens (including phenoxy) is 8. The fourth-order valence-corrected chi connectivity index (χ4v) is 8.13. The standard InChI is InChI=1S/C37H64N2O29/c1-10(46)38-19-12(48)3-37(36(59)60,67-31(19)22(53)14(50)5-41)68-32-27(58)35(64-28(15(51)6-42)21(52)13(49)4-40)63-18(9-45)29(32)65-33-20(39-11(2)47)30(24(55)17(8-44)61-33)66-34-26(57)25(56)23(54)16(7-43)62-34/h12-35,40-45,48-58H,3-9H2,1-2H3,(H,38,46)(H,39,47)(H,59,60)/t12-,13-,14+,15+,16+,17+,18+,19+,20+,21+,22+,23-,24-,25-,26+,27+,28+,29-,30+,31+,32+,33+,34-,35-,37-/m0/s1. The van der Waals surface area contributed by atoms with Crippen molar-refractivity contribution in [3.8, 4) is 0 Å². The van der Waals surface area contributed by atoms with Gasteiger partial charge < -0.3 is 140 Å². The molecule has 0 spiro atoms. The number of aliphatic hydroxyl groups excluding tert-OH is 17. The molecule has 4 aliphatic rings. The number of rotatable bonds is 22. The Labute approximate surface area is 385 Å². The second kappa shape index (κ2) is 25.2. The first-order chi connectivity index (χ1) is 31.9. The number of hydrogen-bond donors (Lipinski definition) is 20. The van der Waals surface area contributed by atoms with Crippen molar-refractivity contribution >= 4 is 17.8 Å². The van der Waals surface area contributed by atoms with Gasteiger partial charge in [-0.1, -0.05) is 0 Å². The first-order valence-corrected chi connectivity index (χ1v) is 21.2. The summed E-state index contributed by atoms with van der Waals surface area (Å²) in [6, 6.07) is -3.63. The summed E-state index contributed by atoms with van der Waals surface area (Å²) >= 11 is 0. The van der Waals surface area contributed by atoms with Gasteiger partial charge in [-0.25, -0.2) is 4.79 Å². The lowest BCUT2D eigenvalue weighted by atomic mass is 9.88. The molecular formula is C37H64N2O29. The summed E-state index contributed by atoms with van der Waals surface area (Å²) in [5.41, 5.74) is 0. The van der Waals surface area contributed by atoms with E-state index in [0.29, 0.717) is 0 Å². The molecule has 4 fully saturated rings. The number of aliphatic carboxylic acids is 1. The summed E-state index contributed by atoms with van der Waals surface area (Å²) in [5.74, 6) is -7.32. The van der Waals surface area contributed by atoms with E-state index in [0.717, 1.165) is 13.8 Å². The van der Waals surface area contributed by atoms with Crippen LogP contribution in [0.2, 0.25) is 0 Å². The fraction of sp³-hybridized carbons (Fsp3) is 0.919. The van der Waals surface area contributed by atoms with E-state index in [1.54, 1.807) is 0 Å². The van der Waals surface area contributed by atoms with Gasteiger partial charge in [0.05, 0.1) is 51.8 Å². The molecule has 0 aromatic heterocycles. The van der Waals surface area contributed by atoms with E-state index in [4.69, 9.17) is 37.9 Å². The molecule has 68 heavy (non-hydrogen) atoms. The molecule has 0 unspecified atom stereocenters. The molecule has 396 valence electrons. The molecule has 20 N–H and O–H groups in total. The van der Waals surface area contributed by atoms with Crippen LogP contribution in [0.1, 0.15) is 20.3 Å². The Balaban J connectivity index is 1.88. The zero-order valence-electron chi connectivity index (χ0n) is 36.3. The molecule has 0 saturated carbocycles. The molecule has 25 atom stereocenters. The lowest BCUT2D eigenvalue weighted by Crippen LogP contribution is -2.72. The maximum Gasteiger partial charge on any atom is 0.364 e. The van der Waals surface area contributed by atoms with Crippen LogP contribution in [-0.4, -0.2) is 302 Å². The minimum atomic E-state index is -3.36. The molecule has 0 aliphatic carbocycles. The van der Waals surface area contributed by atoms with Gasteiger partial charge in [-0.3, -0.25) is 9.59 Å². The van der Waals surface area contributed by atoms with Crippen molar-refractivity contribution < 1.29 is 144 Å². The van der Waals surface area contributed by atoms with Gasteiger partial charge in [0.15, 0.2) is 18.9 Å². The molecule has 0 bridgehead atoms. The highest BCUT2D eigenvalue weighted by molar-refractivity contribution is 5.76. The number of carboxylic acid groups (broad SMARTS) is 1. The highest BCUT2D eigenvalue weighted by Gasteiger charge is 2.61. The van der Waals surface area contributed by atoms with E-state index >= 15 is 0 Å². The van der Waals surface area contributed by atoms with Crippen LogP contribution in [0.5, 0.6) is 0 Å². The molecule has 4 heterocycles. The van der Waals surface area contributed by atoms with Crippen molar-refractivity contribution in [2.75, 3.05) is 39.6 Å². The highest BCUT2D eigenvalue weighted by Crippen LogP contribution is 2.40. The second-order valence-corrected chi connectivity index (χ2v) is 16.6. The molecule has 0 radical (unpaired) electrons. The van der Waals surface area contributed by atoms with Gasteiger partial charge in [0.25, 0.3) is 5.79 Å². The quantitative estimate of drug-likeness (QED) is 0.0479. The van der Waals surface area contributed by atoms with Crippen LogP contribution in [0.4, 0.5) is 0 Å². The SMILES string of the molecule is CC(=O)N[C@H]1[C@@H](O[C@@H]2[C@H](O[C@]3(C(=O)O)C[C@H](O)[C@@H](NC(C)=O)[C@H]([C@H](O)[C@H](O)CO)O3)[C@@H](O)[C@H](O[C@@H]([C@H](O)[C@@H](O)CO)[C@H](O)CO)O[C@@H]2CO)O[C@H](CO)[C@H](O)[C@@H]1O[C@@H]1O[C@H](CO)[C@H](O)[C@H](O)[C@H]1O. The molecule has 4 aliphatic heterocycles. The number of carboxylic acids is 1. The number of aliphatic hydroxyl groups is 17. The Morgan fingerprint density at radius 3 is 1.65 bits per heavy atom. The normalized spacial score (nSPS) is 41.7. The van der Waals surface area contributed by atoms with E-state index in [-0.39, 0.29) is 0 Å². The minimum Gasteiger partial charge on any atom is -0.477 e.